The molecule has 2 heterocycles. The van der Waals surface area contributed by atoms with Gasteiger partial charge in [0.1, 0.15) is 16.9 Å². The monoisotopic (exact) mass is 461 g/mol. The van der Waals surface area contributed by atoms with Gasteiger partial charge >= 0.3 is 0 Å². The van der Waals surface area contributed by atoms with Crippen LogP contribution in [0.4, 0.5) is 5.69 Å². The van der Waals surface area contributed by atoms with Gasteiger partial charge in [0.2, 0.25) is 5.55 Å². The number of benzene rings is 2. The first-order chi connectivity index (χ1) is 16.0. The van der Waals surface area contributed by atoms with Gasteiger partial charge < -0.3 is 14.5 Å². The van der Waals surface area contributed by atoms with E-state index in [0.29, 0.717) is 10.7 Å². The van der Waals surface area contributed by atoms with E-state index in [0.717, 1.165) is 54.5 Å². The second-order valence-corrected chi connectivity index (χ2v) is 9.72. The molecule has 1 spiro atoms. The van der Waals surface area contributed by atoms with Gasteiger partial charge in [-0.1, -0.05) is 31.0 Å². The number of ether oxygens (including phenoxy) is 1. The summed E-state index contributed by atoms with van der Waals surface area (Å²) in [6.45, 7) is 4.21. The minimum atomic E-state index is 0.0177. The smallest absolute Gasteiger partial charge is 0.236 e. The Morgan fingerprint density at radius 1 is 1.06 bits per heavy atom. The van der Waals surface area contributed by atoms with Gasteiger partial charge in [-0.25, -0.2) is 5.43 Å². The highest BCUT2D eigenvalue weighted by atomic mass is 32.1. The van der Waals surface area contributed by atoms with E-state index in [1.807, 2.05) is 30.3 Å². The number of fused-ring (bicyclic) bond motifs is 2. The van der Waals surface area contributed by atoms with Gasteiger partial charge in [0, 0.05) is 23.2 Å². The topological polar surface area (TPSA) is 58.8 Å². The van der Waals surface area contributed by atoms with Crippen molar-refractivity contribution in [3.63, 3.8) is 0 Å². The molecule has 172 valence electrons. The molecule has 6 heteroatoms. The van der Waals surface area contributed by atoms with Crippen LogP contribution in [0.15, 0.2) is 52.0 Å². The molecule has 3 aromatic rings. The van der Waals surface area contributed by atoms with E-state index in [-0.39, 0.29) is 5.60 Å². The van der Waals surface area contributed by atoms with Crippen LogP contribution in [0.1, 0.15) is 62.1 Å². The van der Waals surface area contributed by atoms with Crippen molar-refractivity contribution >= 4 is 34.0 Å². The van der Waals surface area contributed by atoms with Crippen LogP contribution >= 0.6 is 12.2 Å². The van der Waals surface area contributed by atoms with Crippen LogP contribution in [0.25, 0.3) is 11.0 Å². The van der Waals surface area contributed by atoms with Crippen LogP contribution in [0, 0.1) is 6.92 Å². The molecule has 1 aliphatic carbocycles. The average molecular weight is 462 g/mol. The minimum Gasteiger partial charge on any atom is -0.487 e. The van der Waals surface area contributed by atoms with Crippen molar-refractivity contribution in [2.75, 3.05) is 5.32 Å². The third kappa shape index (κ3) is 4.76. The van der Waals surface area contributed by atoms with Crippen molar-refractivity contribution in [2.24, 2.45) is 5.10 Å². The Labute approximate surface area is 200 Å². The lowest BCUT2D eigenvalue weighted by Gasteiger charge is -2.41. The molecule has 0 radical (unpaired) electrons. The third-order valence-corrected chi connectivity index (χ3v) is 7.11. The third-order valence-electron chi connectivity index (χ3n) is 6.92. The lowest BCUT2D eigenvalue weighted by molar-refractivity contribution is 0.0109. The normalized spacial score (nSPS) is 17.5. The number of rotatable bonds is 3. The van der Waals surface area contributed by atoms with Crippen LogP contribution in [0.5, 0.6) is 5.75 Å². The predicted octanol–water partition coefficient (Wildman–Crippen LogP) is 6.13. The maximum absolute atomic E-state index is 6.62. The van der Waals surface area contributed by atoms with Crippen LogP contribution in [0.3, 0.4) is 0 Å². The fraction of sp³-hybridized carbons (Fsp3) is 0.407. The van der Waals surface area contributed by atoms with Gasteiger partial charge in [0.15, 0.2) is 5.11 Å². The highest BCUT2D eigenvalue weighted by molar-refractivity contribution is 7.80. The Bertz CT molecular complexity index is 1240. The first-order valence-corrected chi connectivity index (χ1v) is 12.4. The maximum Gasteiger partial charge on any atom is 0.236 e. The second-order valence-electron chi connectivity index (χ2n) is 9.31. The zero-order valence-electron chi connectivity index (χ0n) is 19.4. The summed E-state index contributed by atoms with van der Waals surface area (Å²) >= 11 is 5.40. The Kier molecular flexibility index (Phi) is 6.11. The summed E-state index contributed by atoms with van der Waals surface area (Å²) in [5, 5.41) is 9.11. The molecule has 5 nitrogen and oxygen atoms in total. The molecule has 0 saturated heterocycles. The molecule has 33 heavy (non-hydrogen) atoms. The van der Waals surface area contributed by atoms with Crippen LogP contribution in [0.2, 0.25) is 0 Å². The molecule has 2 N–H and O–H groups in total. The highest BCUT2D eigenvalue weighted by Gasteiger charge is 2.37. The molecule has 1 saturated carbocycles. The first kappa shape index (κ1) is 22.0. The molecule has 2 aliphatic rings. The minimum absolute atomic E-state index is 0.0177. The summed E-state index contributed by atoms with van der Waals surface area (Å²) in [6.07, 6.45) is 9.25. The molecule has 0 unspecified atom stereocenters. The first-order valence-electron chi connectivity index (χ1n) is 12.0. The molecule has 5 rings (SSSR count). The van der Waals surface area contributed by atoms with Crippen molar-refractivity contribution in [3.05, 3.63) is 64.7 Å². The molecule has 2 aromatic carbocycles. The summed E-state index contributed by atoms with van der Waals surface area (Å²) in [5.74, 6) is 0.975. The number of aryl methyl sites for hydroxylation is 3. The zero-order valence-corrected chi connectivity index (χ0v) is 20.2. The average Bonchev–Trinajstić information content (AvgIpc) is 2.83. The largest absolute Gasteiger partial charge is 0.487 e. The summed E-state index contributed by atoms with van der Waals surface area (Å²) in [5.41, 5.74) is 8.83. The fourth-order valence-corrected chi connectivity index (χ4v) is 5.21. The van der Waals surface area contributed by atoms with E-state index in [1.165, 1.54) is 36.0 Å². The van der Waals surface area contributed by atoms with E-state index in [1.54, 1.807) is 0 Å². The van der Waals surface area contributed by atoms with Gasteiger partial charge in [-0.05, 0) is 93.4 Å². The number of nitrogens with one attached hydrogen (secondary N) is 2. The number of hydrogen-bond donors (Lipinski definition) is 2. The van der Waals surface area contributed by atoms with Crippen molar-refractivity contribution in [1.29, 1.82) is 0 Å². The van der Waals surface area contributed by atoms with E-state index >= 15 is 0 Å². The van der Waals surface area contributed by atoms with E-state index in [4.69, 9.17) is 21.4 Å². The number of nitrogens with zero attached hydrogens (tertiary/aromatic N) is 1. The quantitative estimate of drug-likeness (QED) is 0.363. The van der Waals surface area contributed by atoms with E-state index in [9.17, 15) is 0 Å². The number of thiocarbonyl (C=S) groups is 1. The molecule has 1 aromatic heterocycles. The SMILES string of the molecule is CCc1c/c(=N/NC(=S)Nc2ccc(C)cc2)oc2cc3c(cc12)CCC1(CCCCC1)O3. The molecule has 1 aliphatic heterocycles. The van der Waals surface area contributed by atoms with Gasteiger partial charge in [-0.2, -0.15) is 0 Å². The van der Waals surface area contributed by atoms with Crippen molar-refractivity contribution in [1.82, 2.24) is 5.43 Å². The van der Waals surface area contributed by atoms with E-state index < -0.39 is 0 Å². The molecule has 0 amide bonds. The molecular formula is C27H31N3O2S. The van der Waals surface area contributed by atoms with Crippen molar-refractivity contribution in [2.45, 2.75) is 70.8 Å². The molecular weight excluding hydrogens is 430 g/mol. The zero-order chi connectivity index (χ0) is 22.8. The van der Waals surface area contributed by atoms with Crippen molar-refractivity contribution < 1.29 is 9.15 Å². The lowest BCUT2D eigenvalue weighted by atomic mass is 9.79. The standard InChI is InChI=1S/C27H31N3O2S/c1-3-19-16-25(29-30-26(33)28-21-9-7-18(2)8-10-21)31-24-17-23-20(15-22(19)24)11-14-27(32-23)12-5-4-6-13-27/h7-10,15-17H,3-6,11-14H2,1-2H3,(H2,28,30,33)/b29-25-. The Hall–Kier alpha value is -2.86. The fourth-order valence-electron chi connectivity index (χ4n) is 5.05. The summed E-state index contributed by atoms with van der Waals surface area (Å²) < 4.78 is 12.8. The number of anilines is 1. The summed E-state index contributed by atoms with van der Waals surface area (Å²) in [7, 11) is 0. The van der Waals surface area contributed by atoms with Gasteiger partial charge in [-0.15, -0.1) is 5.10 Å². The number of hydrogen-bond acceptors (Lipinski definition) is 4. The van der Waals surface area contributed by atoms with Gasteiger partial charge in [0.25, 0.3) is 0 Å². The Morgan fingerprint density at radius 2 is 1.85 bits per heavy atom. The van der Waals surface area contributed by atoms with Crippen LogP contribution in [-0.4, -0.2) is 10.7 Å². The Balaban J connectivity index is 1.41. The predicted molar refractivity (Wildman–Crippen MR) is 136 cm³/mol. The Morgan fingerprint density at radius 3 is 2.61 bits per heavy atom. The van der Waals surface area contributed by atoms with Gasteiger partial charge in [-0.3, -0.25) is 0 Å². The molecule has 0 bridgehead atoms. The summed E-state index contributed by atoms with van der Waals surface area (Å²) in [4.78, 5) is 0. The molecule has 0 atom stereocenters. The van der Waals surface area contributed by atoms with Crippen molar-refractivity contribution in [3.8, 4) is 5.75 Å². The molecule has 1 fully saturated rings. The highest BCUT2D eigenvalue weighted by Crippen LogP contribution is 2.43. The van der Waals surface area contributed by atoms with Gasteiger partial charge in [0.05, 0.1) is 0 Å². The van der Waals surface area contributed by atoms with Crippen LogP contribution < -0.4 is 21.0 Å². The van der Waals surface area contributed by atoms with E-state index in [2.05, 4.69) is 41.8 Å². The maximum atomic E-state index is 6.62. The van der Waals surface area contributed by atoms with Crippen LogP contribution in [-0.2, 0) is 12.8 Å². The lowest BCUT2D eigenvalue weighted by Crippen LogP contribution is -2.41. The second kappa shape index (κ2) is 9.18. The summed E-state index contributed by atoms with van der Waals surface area (Å²) in [6, 6.07) is 14.4.